The Kier molecular flexibility index (Phi) is 3.24. The summed E-state index contributed by atoms with van der Waals surface area (Å²) in [6.07, 6.45) is 6.73. The van der Waals surface area contributed by atoms with E-state index in [0.29, 0.717) is 17.3 Å². The molecule has 0 amide bonds. The van der Waals surface area contributed by atoms with Gasteiger partial charge in [0.15, 0.2) is 0 Å². The summed E-state index contributed by atoms with van der Waals surface area (Å²) in [5.41, 5.74) is 7.24. The van der Waals surface area contributed by atoms with Crippen LogP contribution in [-0.4, -0.2) is 15.0 Å². The van der Waals surface area contributed by atoms with Crippen LogP contribution in [0.5, 0.6) is 11.5 Å². The molecule has 0 bridgehead atoms. The van der Waals surface area contributed by atoms with Gasteiger partial charge in [0, 0.05) is 30.2 Å². The summed E-state index contributed by atoms with van der Waals surface area (Å²) in [6.45, 7) is 0. The van der Waals surface area contributed by atoms with Crippen molar-refractivity contribution in [3.8, 4) is 22.8 Å². The molecule has 3 aromatic heterocycles. The van der Waals surface area contributed by atoms with Crippen LogP contribution < -0.4 is 10.5 Å². The highest BCUT2D eigenvalue weighted by Gasteiger charge is 2.03. The van der Waals surface area contributed by atoms with E-state index in [-0.39, 0.29) is 0 Å². The third-order valence-electron chi connectivity index (χ3n) is 2.68. The topological polar surface area (TPSA) is 73.9 Å². The first-order valence-electron chi connectivity index (χ1n) is 6.07. The maximum absolute atomic E-state index is 5.72. The molecule has 0 aliphatic rings. The molecular formula is C15H12N4O. The monoisotopic (exact) mass is 264 g/mol. The molecule has 3 rings (SSSR count). The predicted molar refractivity (Wildman–Crippen MR) is 76.2 cm³/mol. The number of pyridine rings is 3. The fourth-order valence-corrected chi connectivity index (χ4v) is 1.73. The van der Waals surface area contributed by atoms with Gasteiger partial charge in [-0.2, -0.15) is 0 Å². The number of hydrogen-bond acceptors (Lipinski definition) is 5. The Bertz CT molecular complexity index is 699. The number of anilines is 1. The van der Waals surface area contributed by atoms with Crippen LogP contribution in [0.1, 0.15) is 0 Å². The number of hydrogen-bond donors (Lipinski definition) is 1. The van der Waals surface area contributed by atoms with E-state index in [1.165, 1.54) is 0 Å². The van der Waals surface area contributed by atoms with Crippen molar-refractivity contribution in [2.24, 2.45) is 0 Å². The molecule has 0 saturated carbocycles. The number of aromatic nitrogens is 3. The third-order valence-corrected chi connectivity index (χ3v) is 2.68. The zero-order chi connectivity index (χ0) is 13.8. The minimum absolute atomic E-state index is 0.483. The van der Waals surface area contributed by atoms with Gasteiger partial charge in [-0.3, -0.25) is 9.97 Å². The zero-order valence-corrected chi connectivity index (χ0v) is 10.6. The van der Waals surface area contributed by atoms with E-state index in [1.807, 2.05) is 24.3 Å². The van der Waals surface area contributed by atoms with Gasteiger partial charge in [-0.1, -0.05) is 0 Å². The molecule has 2 N–H and O–H groups in total. The van der Waals surface area contributed by atoms with E-state index < -0.39 is 0 Å². The lowest BCUT2D eigenvalue weighted by molar-refractivity contribution is 0.480. The lowest BCUT2D eigenvalue weighted by Gasteiger charge is -2.06. The van der Waals surface area contributed by atoms with Gasteiger partial charge in [0.1, 0.15) is 17.3 Å². The molecule has 98 valence electrons. The SMILES string of the molecule is Nc1ccc(-c2cc(Oc3cccnc3)ccn2)cn1. The predicted octanol–water partition coefficient (Wildman–Crippen LogP) is 2.91. The molecule has 0 spiro atoms. The first kappa shape index (κ1) is 12.1. The number of rotatable bonds is 3. The summed E-state index contributed by atoms with van der Waals surface area (Å²) in [4.78, 5) is 12.4. The molecule has 0 atom stereocenters. The van der Waals surface area contributed by atoms with Crippen molar-refractivity contribution in [3.05, 3.63) is 61.2 Å². The van der Waals surface area contributed by atoms with E-state index in [2.05, 4.69) is 15.0 Å². The van der Waals surface area contributed by atoms with Gasteiger partial charge in [-0.25, -0.2) is 4.98 Å². The van der Waals surface area contributed by atoms with Gasteiger partial charge in [0.25, 0.3) is 0 Å². The maximum atomic E-state index is 5.72. The largest absolute Gasteiger partial charge is 0.456 e. The van der Waals surface area contributed by atoms with Crippen molar-refractivity contribution < 1.29 is 4.74 Å². The summed E-state index contributed by atoms with van der Waals surface area (Å²) < 4.78 is 5.72. The van der Waals surface area contributed by atoms with Crippen LogP contribution in [0.3, 0.4) is 0 Å². The third kappa shape index (κ3) is 2.72. The van der Waals surface area contributed by atoms with Crippen molar-refractivity contribution >= 4 is 5.82 Å². The van der Waals surface area contributed by atoms with Gasteiger partial charge in [0.2, 0.25) is 0 Å². The second-order valence-electron chi connectivity index (χ2n) is 4.14. The summed E-state index contributed by atoms with van der Waals surface area (Å²) >= 11 is 0. The Labute approximate surface area is 116 Å². The van der Waals surface area contributed by atoms with E-state index >= 15 is 0 Å². The van der Waals surface area contributed by atoms with Crippen molar-refractivity contribution in [2.75, 3.05) is 5.73 Å². The van der Waals surface area contributed by atoms with E-state index in [0.717, 1.165) is 11.3 Å². The summed E-state index contributed by atoms with van der Waals surface area (Å²) in [5, 5.41) is 0. The average Bonchev–Trinajstić information content (AvgIpc) is 2.49. The standard InChI is InChI=1S/C15H12N4O/c16-15-4-3-11(9-19-15)14-8-12(5-7-18-14)20-13-2-1-6-17-10-13/h1-10H,(H2,16,19). The summed E-state index contributed by atoms with van der Waals surface area (Å²) in [7, 11) is 0. The fourth-order valence-electron chi connectivity index (χ4n) is 1.73. The van der Waals surface area contributed by atoms with E-state index in [9.17, 15) is 0 Å². The molecule has 0 aliphatic carbocycles. The molecule has 0 radical (unpaired) electrons. The number of nitrogen functional groups attached to an aromatic ring is 1. The van der Waals surface area contributed by atoms with Crippen molar-refractivity contribution in [2.45, 2.75) is 0 Å². The van der Waals surface area contributed by atoms with Gasteiger partial charge < -0.3 is 10.5 Å². The van der Waals surface area contributed by atoms with Crippen molar-refractivity contribution in [3.63, 3.8) is 0 Å². The average molecular weight is 264 g/mol. The van der Waals surface area contributed by atoms with Crippen LogP contribution in [0.15, 0.2) is 61.2 Å². The Morgan fingerprint density at radius 1 is 0.900 bits per heavy atom. The Balaban J connectivity index is 1.88. The van der Waals surface area contributed by atoms with Crippen LogP contribution in [-0.2, 0) is 0 Å². The van der Waals surface area contributed by atoms with Gasteiger partial charge in [-0.15, -0.1) is 0 Å². The van der Waals surface area contributed by atoms with Crippen LogP contribution in [0, 0.1) is 0 Å². The molecule has 0 saturated heterocycles. The smallest absolute Gasteiger partial charge is 0.145 e. The van der Waals surface area contributed by atoms with Gasteiger partial charge in [0.05, 0.1) is 11.9 Å². The number of nitrogens with zero attached hydrogens (tertiary/aromatic N) is 3. The van der Waals surface area contributed by atoms with Crippen molar-refractivity contribution in [1.82, 2.24) is 15.0 Å². The minimum atomic E-state index is 0.483. The normalized spacial score (nSPS) is 10.2. The fraction of sp³-hybridized carbons (Fsp3) is 0. The molecular weight excluding hydrogens is 252 g/mol. The zero-order valence-electron chi connectivity index (χ0n) is 10.6. The Morgan fingerprint density at radius 2 is 1.85 bits per heavy atom. The molecule has 3 aromatic rings. The molecule has 5 nitrogen and oxygen atoms in total. The number of ether oxygens (including phenoxy) is 1. The first-order chi connectivity index (χ1) is 9.81. The van der Waals surface area contributed by atoms with Crippen LogP contribution in [0.25, 0.3) is 11.3 Å². The highest BCUT2D eigenvalue weighted by molar-refractivity contribution is 5.60. The summed E-state index contributed by atoms with van der Waals surface area (Å²) in [6, 6.07) is 10.9. The quantitative estimate of drug-likeness (QED) is 0.787. The second kappa shape index (κ2) is 5.36. The Hall–Kier alpha value is -2.95. The van der Waals surface area contributed by atoms with Crippen LogP contribution in [0.4, 0.5) is 5.82 Å². The lowest BCUT2D eigenvalue weighted by Crippen LogP contribution is -1.91. The molecule has 5 heteroatoms. The highest BCUT2D eigenvalue weighted by atomic mass is 16.5. The second-order valence-corrected chi connectivity index (χ2v) is 4.14. The summed E-state index contributed by atoms with van der Waals surface area (Å²) in [5.74, 6) is 1.86. The first-order valence-corrected chi connectivity index (χ1v) is 6.07. The van der Waals surface area contributed by atoms with Crippen LogP contribution in [0.2, 0.25) is 0 Å². The van der Waals surface area contributed by atoms with Gasteiger partial charge >= 0.3 is 0 Å². The van der Waals surface area contributed by atoms with E-state index in [4.69, 9.17) is 10.5 Å². The highest BCUT2D eigenvalue weighted by Crippen LogP contribution is 2.24. The Morgan fingerprint density at radius 3 is 2.60 bits per heavy atom. The molecule has 0 unspecified atom stereocenters. The molecule has 0 aromatic carbocycles. The van der Waals surface area contributed by atoms with Gasteiger partial charge in [-0.05, 0) is 30.3 Å². The lowest BCUT2D eigenvalue weighted by atomic mass is 10.2. The molecule has 0 aliphatic heterocycles. The van der Waals surface area contributed by atoms with E-state index in [1.54, 1.807) is 36.9 Å². The molecule has 3 heterocycles. The molecule has 0 fully saturated rings. The maximum Gasteiger partial charge on any atom is 0.145 e. The van der Waals surface area contributed by atoms with Crippen LogP contribution >= 0.6 is 0 Å². The van der Waals surface area contributed by atoms with Crippen molar-refractivity contribution in [1.29, 1.82) is 0 Å². The minimum Gasteiger partial charge on any atom is -0.456 e. The number of nitrogens with two attached hydrogens (primary N) is 1. The molecule has 20 heavy (non-hydrogen) atoms.